The molecule has 8 nitrogen and oxygen atoms in total. The largest absolute Gasteiger partial charge is 0.467 e. The number of halogens is 1. The van der Waals surface area contributed by atoms with Crippen molar-refractivity contribution >= 4 is 23.2 Å². The molecule has 2 aromatic heterocycles. The number of rotatable bonds is 6. The monoisotopic (exact) mass is 481 g/mol. The van der Waals surface area contributed by atoms with E-state index in [-0.39, 0.29) is 18.0 Å². The number of aryl methyl sites for hydroxylation is 1. The van der Waals surface area contributed by atoms with E-state index in [9.17, 15) is 4.79 Å². The molecule has 3 aromatic rings. The summed E-state index contributed by atoms with van der Waals surface area (Å²) in [7, 11) is 0. The van der Waals surface area contributed by atoms with Crippen LogP contribution in [-0.2, 0) is 11.3 Å². The molecule has 1 amide bonds. The molecular weight excluding hydrogens is 454 g/mol. The number of furan rings is 1. The molecule has 0 saturated carbocycles. The van der Waals surface area contributed by atoms with Crippen LogP contribution in [0.1, 0.15) is 42.2 Å². The van der Waals surface area contributed by atoms with Gasteiger partial charge < -0.3 is 8.94 Å². The highest BCUT2D eigenvalue weighted by Crippen LogP contribution is 2.34. The van der Waals surface area contributed by atoms with Crippen LogP contribution in [0.3, 0.4) is 0 Å². The van der Waals surface area contributed by atoms with Crippen molar-refractivity contribution in [3.8, 4) is 0 Å². The highest BCUT2D eigenvalue weighted by Gasteiger charge is 2.38. The van der Waals surface area contributed by atoms with Gasteiger partial charge in [-0.3, -0.25) is 14.6 Å². The number of hydrogen-bond donors (Lipinski definition) is 0. The van der Waals surface area contributed by atoms with Crippen LogP contribution in [0.4, 0.5) is 0 Å². The van der Waals surface area contributed by atoms with Gasteiger partial charge in [0, 0.05) is 50.2 Å². The molecule has 1 fully saturated rings. The molecule has 2 atom stereocenters. The molecular formula is C25H28ClN5O3. The van der Waals surface area contributed by atoms with E-state index in [4.69, 9.17) is 25.6 Å². The molecule has 0 aliphatic carbocycles. The molecule has 1 saturated heterocycles. The van der Waals surface area contributed by atoms with Crippen LogP contribution in [0.15, 0.2) is 62.8 Å². The summed E-state index contributed by atoms with van der Waals surface area (Å²) in [6.07, 6.45) is 2.23. The van der Waals surface area contributed by atoms with E-state index in [2.05, 4.69) is 15.0 Å². The Morgan fingerprint density at radius 1 is 1.18 bits per heavy atom. The predicted octanol–water partition coefficient (Wildman–Crippen LogP) is 4.11. The van der Waals surface area contributed by atoms with E-state index in [0.717, 1.165) is 61.2 Å². The average molecular weight is 482 g/mol. The van der Waals surface area contributed by atoms with Gasteiger partial charge in [0.25, 0.3) is 5.91 Å². The molecule has 1 aromatic carbocycles. The van der Waals surface area contributed by atoms with Gasteiger partial charge in [-0.1, -0.05) is 28.9 Å². The summed E-state index contributed by atoms with van der Waals surface area (Å²) < 4.78 is 10.9. The van der Waals surface area contributed by atoms with Crippen molar-refractivity contribution in [3.05, 3.63) is 76.5 Å². The lowest BCUT2D eigenvalue weighted by molar-refractivity contribution is -0.139. The fraction of sp³-hybridized carbons (Fsp3) is 0.400. The number of aromatic nitrogens is 1. The fourth-order valence-corrected chi connectivity index (χ4v) is 4.74. The van der Waals surface area contributed by atoms with E-state index in [1.54, 1.807) is 11.3 Å². The van der Waals surface area contributed by atoms with Gasteiger partial charge in [0.1, 0.15) is 17.6 Å². The van der Waals surface area contributed by atoms with Crippen LogP contribution in [0.2, 0.25) is 5.02 Å². The summed E-state index contributed by atoms with van der Waals surface area (Å²) in [5.74, 6) is 1.54. The van der Waals surface area contributed by atoms with Crippen molar-refractivity contribution < 1.29 is 13.7 Å². The zero-order valence-electron chi connectivity index (χ0n) is 19.4. The van der Waals surface area contributed by atoms with Gasteiger partial charge in [0.2, 0.25) is 0 Å². The maximum atomic E-state index is 13.6. The van der Waals surface area contributed by atoms with Gasteiger partial charge in [-0.2, -0.15) is 5.10 Å². The van der Waals surface area contributed by atoms with Crippen molar-refractivity contribution in [2.75, 3.05) is 26.2 Å². The van der Waals surface area contributed by atoms with E-state index in [0.29, 0.717) is 11.4 Å². The van der Waals surface area contributed by atoms with Crippen LogP contribution in [0, 0.1) is 6.92 Å². The lowest BCUT2D eigenvalue weighted by Gasteiger charge is -2.38. The average Bonchev–Trinajstić information content (AvgIpc) is 3.60. The van der Waals surface area contributed by atoms with E-state index in [1.807, 2.05) is 56.3 Å². The Bertz CT molecular complexity index is 1150. The molecule has 0 N–H and O–H groups in total. The van der Waals surface area contributed by atoms with Crippen LogP contribution < -0.4 is 0 Å². The summed E-state index contributed by atoms with van der Waals surface area (Å²) in [6, 6.07) is 12.7. The summed E-state index contributed by atoms with van der Waals surface area (Å²) in [4.78, 5) is 18.2. The second-order valence-electron chi connectivity index (χ2n) is 8.89. The fourth-order valence-electron chi connectivity index (χ4n) is 4.61. The first-order valence-electron chi connectivity index (χ1n) is 11.6. The smallest absolute Gasteiger partial charge is 0.260 e. The Labute approximate surface area is 203 Å². The summed E-state index contributed by atoms with van der Waals surface area (Å²) in [6.45, 7) is 7.96. The molecule has 178 valence electrons. The van der Waals surface area contributed by atoms with Crippen molar-refractivity contribution in [2.45, 2.75) is 38.9 Å². The summed E-state index contributed by atoms with van der Waals surface area (Å²) >= 11 is 6.06. The van der Waals surface area contributed by atoms with Crippen LogP contribution in [0.25, 0.3) is 0 Å². The van der Waals surface area contributed by atoms with E-state index in [1.165, 1.54) is 0 Å². The molecule has 5 rings (SSSR count). The van der Waals surface area contributed by atoms with Crippen molar-refractivity contribution in [3.63, 3.8) is 0 Å². The molecule has 0 unspecified atom stereocenters. The number of amides is 1. The summed E-state index contributed by atoms with van der Waals surface area (Å²) in [5.41, 5.74) is 2.75. The quantitative estimate of drug-likeness (QED) is 0.527. The van der Waals surface area contributed by atoms with Crippen LogP contribution in [0.5, 0.6) is 0 Å². The normalized spacial score (nSPS) is 20.5. The third-order valence-electron chi connectivity index (χ3n) is 6.56. The first kappa shape index (κ1) is 22.8. The number of benzene rings is 1. The molecule has 0 spiro atoms. The minimum atomic E-state index is -0.290. The SMILES string of the molecule is Cc1cc(CN2CCN([C@@H](C)C(=O)N3N=C(c4ccc(Cl)cc4)C[C@H]3c3ccco3)CC2)no1. The van der Waals surface area contributed by atoms with Gasteiger partial charge in [-0.05, 0) is 43.7 Å². The highest BCUT2D eigenvalue weighted by atomic mass is 35.5. The molecule has 2 aliphatic rings. The van der Waals surface area contributed by atoms with Crippen molar-refractivity contribution in [1.82, 2.24) is 20.0 Å². The zero-order valence-corrected chi connectivity index (χ0v) is 20.1. The first-order chi connectivity index (χ1) is 16.5. The molecule has 0 bridgehead atoms. The minimum absolute atomic E-state index is 0.0223. The predicted molar refractivity (Wildman–Crippen MR) is 128 cm³/mol. The summed E-state index contributed by atoms with van der Waals surface area (Å²) in [5, 5.41) is 11.1. The number of hydrogen-bond acceptors (Lipinski definition) is 7. The maximum Gasteiger partial charge on any atom is 0.260 e. The maximum absolute atomic E-state index is 13.6. The van der Waals surface area contributed by atoms with E-state index >= 15 is 0 Å². The van der Waals surface area contributed by atoms with E-state index < -0.39 is 0 Å². The van der Waals surface area contributed by atoms with Gasteiger partial charge in [0.05, 0.1) is 23.7 Å². The van der Waals surface area contributed by atoms with Gasteiger partial charge in [0.15, 0.2) is 0 Å². The highest BCUT2D eigenvalue weighted by molar-refractivity contribution is 6.30. The van der Waals surface area contributed by atoms with Gasteiger partial charge >= 0.3 is 0 Å². The number of carbonyl (C=O) groups excluding carboxylic acids is 1. The molecule has 4 heterocycles. The molecule has 34 heavy (non-hydrogen) atoms. The molecule has 9 heteroatoms. The van der Waals surface area contributed by atoms with Crippen molar-refractivity contribution in [2.24, 2.45) is 5.10 Å². The standard InChI is InChI=1S/C25H28ClN5O3/c1-17-14-21(28-34-17)16-29-9-11-30(12-10-29)18(2)25(32)31-23(24-4-3-13-33-24)15-22(27-31)19-5-7-20(26)8-6-19/h3-8,13-14,18,23H,9-12,15-16H2,1-2H3/t18-,23-/m0/s1. The third kappa shape index (κ3) is 4.80. The Hall–Kier alpha value is -2.94. The first-order valence-corrected chi connectivity index (χ1v) is 11.9. The number of carbonyl (C=O) groups is 1. The lowest BCUT2D eigenvalue weighted by atomic mass is 10.0. The third-order valence-corrected chi connectivity index (χ3v) is 6.81. The Balaban J connectivity index is 1.27. The number of nitrogens with zero attached hydrogens (tertiary/aromatic N) is 5. The van der Waals surface area contributed by atoms with Crippen LogP contribution in [-0.4, -0.2) is 63.8 Å². The number of hydrazone groups is 1. The van der Waals surface area contributed by atoms with Crippen LogP contribution >= 0.6 is 11.6 Å². The Morgan fingerprint density at radius 3 is 2.59 bits per heavy atom. The van der Waals surface area contributed by atoms with Gasteiger partial charge in [-0.15, -0.1) is 0 Å². The molecule has 2 aliphatic heterocycles. The second-order valence-corrected chi connectivity index (χ2v) is 9.33. The zero-order chi connectivity index (χ0) is 23.7. The Kier molecular flexibility index (Phi) is 6.54. The molecule has 0 radical (unpaired) electrons. The Morgan fingerprint density at radius 2 is 1.94 bits per heavy atom. The minimum Gasteiger partial charge on any atom is -0.467 e. The second kappa shape index (κ2) is 9.74. The number of piperazine rings is 1. The van der Waals surface area contributed by atoms with Crippen molar-refractivity contribution in [1.29, 1.82) is 0 Å². The lowest BCUT2D eigenvalue weighted by Crippen LogP contribution is -2.53. The topological polar surface area (TPSA) is 78.3 Å². The van der Waals surface area contributed by atoms with Gasteiger partial charge in [-0.25, -0.2) is 5.01 Å².